The van der Waals surface area contributed by atoms with Crippen LogP contribution in [0.2, 0.25) is 0 Å². The average Bonchev–Trinajstić information content (AvgIpc) is 2.42. The highest BCUT2D eigenvalue weighted by molar-refractivity contribution is 6.62. The quantitative estimate of drug-likeness (QED) is 0.649. The fraction of sp³-hybridized carbons (Fsp3) is 0.300. The fourth-order valence-electron chi connectivity index (χ4n) is 1.32. The van der Waals surface area contributed by atoms with E-state index in [-0.39, 0.29) is 0 Å². The molecule has 5 heteroatoms. The van der Waals surface area contributed by atoms with Crippen LogP contribution in [0.25, 0.3) is 0 Å². The minimum absolute atomic E-state index is 0.407. The molecule has 1 aromatic heterocycles. The molecule has 0 bridgehead atoms. The van der Waals surface area contributed by atoms with Crippen molar-refractivity contribution in [3.05, 3.63) is 36.6 Å². The van der Waals surface area contributed by atoms with Crippen LogP contribution in [-0.4, -0.2) is 17.7 Å². The van der Waals surface area contributed by atoms with Crippen molar-refractivity contribution in [2.75, 3.05) is 0 Å². The first kappa shape index (κ1) is 10.2. The summed E-state index contributed by atoms with van der Waals surface area (Å²) >= 11 is 0. The van der Waals surface area contributed by atoms with Crippen molar-refractivity contribution in [3.63, 3.8) is 0 Å². The van der Waals surface area contributed by atoms with E-state index in [1.165, 1.54) is 12.3 Å². The summed E-state index contributed by atoms with van der Waals surface area (Å²) in [6.45, 7) is 7.44. The summed E-state index contributed by atoms with van der Waals surface area (Å²) in [4.78, 5) is 3.74. The van der Waals surface area contributed by atoms with Gasteiger partial charge >= 0.3 is 7.12 Å². The lowest BCUT2D eigenvalue weighted by Gasteiger charge is -2.15. The van der Waals surface area contributed by atoms with Crippen molar-refractivity contribution >= 4 is 12.6 Å². The highest BCUT2D eigenvalue weighted by Crippen LogP contribution is 2.28. The Kier molecular flexibility index (Phi) is 2.27. The number of aromatic nitrogens is 1. The molecule has 2 rings (SSSR count). The van der Waals surface area contributed by atoms with Gasteiger partial charge in [-0.1, -0.05) is 6.58 Å². The molecule has 0 spiro atoms. The van der Waals surface area contributed by atoms with E-state index in [4.69, 9.17) is 9.31 Å². The molecule has 0 aliphatic carbocycles. The molecule has 1 fully saturated rings. The summed E-state index contributed by atoms with van der Waals surface area (Å²) in [5.74, 6) is 0.131. The van der Waals surface area contributed by atoms with Gasteiger partial charge in [-0.2, -0.15) is 0 Å². The van der Waals surface area contributed by atoms with Gasteiger partial charge in [-0.25, -0.2) is 4.39 Å². The van der Waals surface area contributed by atoms with E-state index in [1.807, 2.05) is 13.8 Å². The number of rotatable bonds is 1. The maximum Gasteiger partial charge on any atom is 0.565 e. The van der Waals surface area contributed by atoms with Crippen LogP contribution in [0.4, 0.5) is 4.39 Å². The second-order valence-corrected chi connectivity index (χ2v) is 3.94. The first-order valence-electron chi connectivity index (χ1n) is 4.63. The smallest absolute Gasteiger partial charge is 0.534 e. The monoisotopic (exact) mass is 207 g/mol. The van der Waals surface area contributed by atoms with Crippen LogP contribution in [0.5, 0.6) is 0 Å². The lowest BCUT2D eigenvalue weighted by molar-refractivity contribution is 0.173. The van der Waals surface area contributed by atoms with E-state index >= 15 is 0 Å². The SMILES string of the molecule is C=C1OB(c2cncc(F)c2)OC1(C)C. The number of hydrogen-bond donors (Lipinski definition) is 0. The first-order valence-corrected chi connectivity index (χ1v) is 4.63. The molecule has 15 heavy (non-hydrogen) atoms. The van der Waals surface area contributed by atoms with E-state index < -0.39 is 18.5 Å². The maximum absolute atomic E-state index is 12.9. The zero-order valence-electron chi connectivity index (χ0n) is 8.66. The average molecular weight is 207 g/mol. The molecule has 78 valence electrons. The molecule has 0 saturated carbocycles. The van der Waals surface area contributed by atoms with E-state index in [2.05, 4.69) is 11.6 Å². The maximum atomic E-state index is 12.9. The van der Waals surface area contributed by atoms with Gasteiger partial charge in [0.1, 0.15) is 11.4 Å². The van der Waals surface area contributed by atoms with Crippen LogP contribution < -0.4 is 5.46 Å². The Bertz CT molecular complexity index is 408. The van der Waals surface area contributed by atoms with Crippen LogP contribution in [0.1, 0.15) is 13.8 Å². The van der Waals surface area contributed by atoms with Crippen LogP contribution in [-0.2, 0) is 9.31 Å². The summed E-state index contributed by atoms with van der Waals surface area (Å²) in [5, 5.41) is 0. The Hall–Kier alpha value is -1.36. The molecule has 1 aliphatic heterocycles. The Labute approximate surface area is 88.1 Å². The van der Waals surface area contributed by atoms with Crippen molar-refractivity contribution in [2.24, 2.45) is 0 Å². The van der Waals surface area contributed by atoms with Gasteiger partial charge in [-0.15, -0.1) is 0 Å². The van der Waals surface area contributed by atoms with Gasteiger partial charge in [-0.05, 0) is 19.9 Å². The molecule has 0 aromatic carbocycles. The number of pyridine rings is 1. The Morgan fingerprint density at radius 1 is 1.47 bits per heavy atom. The fourth-order valence-corrected chi connectivity index (χ4v) is 1.32. The normalized spacial score (nSPS) is 19.1. The molecule has 1 aromatic rings. The summed E-state index contributed by atoms with van der Waals surface area (Å²) in [6.07, 6.45) is 2.65. The van der Waals surface area contributed by atoms with E-state index in [9.17, 15) is 4.39 Å². The van der Waals surface area contributed by atoms with Crippen LogP contribution in [0.3, 0.4) is 0 Å². The molecule has 0 N–H and O–H groups in total. The second-order valence-electron chi connectivity index (χ2n) is 3.94. The highest BCUT2D eigenvalue weighted by atomic mass is 19.1. The summed E-state index contributed by atoms with van der Waals surface area (Å²) in [5.41, 5.74) is 0.0125. The lowest BCUT2D eigenvalue weighted by atomic mass is 9.80. The third-order valence-corrected chi connectivity index (χ3v) is 2.32. The molecule has 0 radical (unpaired) electrons. The molecule has 0 amide bonds. The van der Waals surface area contributed by atoms with E-state index in [0.29, 0.717) is 11.2 Å². The van der Waals surface area contributed by atoms with Crippen molar-refractivity contribution in [3.8, 4) is 0 Å². The molecule has 1 saturated heterocycles. The number of halogens is 1. The highest BCUT2D eigenvalue weighted by Gasteiger charge is 2.43. The minimum atomic E-state index is -0.615. The van der Waals surface area contributed by atoms with E-state index in [1.54, 1.807) is 0 Å². The first-order chi connectivity index (χ1) is 6.99. The van der Waals surface area contributed by atoms with Crippen molar-refractivity contribution < 1.29 is 13.7 Å². The Morgan fingerprint density at radius 2 is 2.20 bits per heavy atom. The van der Waals surface area contributed by atoms with Crippen LogP contribution in [0.15, 0.2) is 30.8 Å². The second kappa shape index (κ2) is 3.34. The van der Waals surface area contributed by atoms with E-state index in [0.717, 1.165) is 6.20 Å². The zero-order valence-corrected chi connectivity index (χ0v) is 8.66. The van der Waals surface area contributed by atoms with Crippen molar-refractivity contribution in [2.45, 2.75) is 19.4 Å². The van der Waals surface area contributed by atoms with Crippen LogP contribution >= 0.6 is 0 Å². The van der Waals surface area contributed by atoms with Gasteiger partial charge in [0.2, 0.25) is 0 Å². The van der Waals surface area contributed by atoms with Gasteiger partial charge in [0.15, 0.2) is 0 Å². The molecule has 0 unspecified atom stereocenters. The molecular formula is C10H11BFNO2. The summed E-state index contributed by atoms with van der Waals surface area (Å²) < 4.78 is 23.9. The Morgan fingerprint density at radius 3 is 2.73 bits per heavy atom. The lowest BCUT2D eigenvalue weighted by Crippen LogP contribution is -2.34. The van der Waals surface area contributed by atoms with Gasteiger partial charge < -0.3 is 9.31 Å². The van der Waals surface area contributed by atoms with Crippen molar-refractivity contribution in [1.29, 1.82) is 0 Å². The Balaban J connectivity index is 2.25. The van der Waals surface area contributed by atoms with Gasteiger partial charge in [0.25, 0.3) is 0 Å². The predicted molar refractivity (Wildman–Crippen MR) is 55.0 cm³/mol. The largest absolute Gasteiger partial charge is 0.565 e. The van der Waals surface area contributed by atoms with Gasteiger partial charge in [0.05, 0.1) is 12.0 Å². The molecular weight excluding hydrogens is 196 g/mol. The van der Waals surface area contributed by atoms with Crippen molar-refractivity contribution in [1.82, 2.24) is 4.98 Å². The molecule has 2 heterocycles. The molecule has 3 nitrogen and oxygen atoms in total. The molecule has 1 aliphatic rings. The van der Waals surface area contributed by atoms with Gasteiger partial charge in [0, 0.05) is 11.7 Å². The number of hydrogen-bond acceptors (Lipinski definition) is 3. The third kappa shape index (κ3) is 1.87. The zero-order chi connectivity index (χ0) is 11.1. The topological polar surface area (TPSA) is 31.4 Å². The number of nitrogens with zero attached hydrogens (tertiary/aromatic N) is 1. The third-order valence-electron chi connectivity index (χ3n) is 2.32. The predicted octanol–water partition coefficient (Wildman–Crippen LogP) is 1.26. The standard InChI is InChI=1S/C10H11BFNO2/c1-7-10(2,3)15-11(14-7)8-4-9(12)6-13-5-8/h4-6H,1H2,2-3H3. The summed E-state index contributed by atoms with van der Waals surface area (Å²) in [7, 11) is -0.615. The summed E-state index contributed by atoms with van der Waals surface area (Å²) in [6, 6.07) is 1.34. The van der Waals surface area contributed by atoms with Gasteiger partial charge in [-0.3, -0.25) is 4.98 Å². The minimum Gasteiger partial charge on any atom is -0.534 e. The van der Waals surface area contributed by atoms with Crippen LogP contribution in [0, 0.1) is 5.82 Å². The molecule has 0 atom stereocenters.